The molecule has 2 aromatic rings. The highest BCUT2D eigenvalue weighted by atomic mass is 19.1. The predicted octanol–water partition coefficient (Wildman–Crippen LogP) is 2.30. The molecule has 7 nitrogen and oxygen atoms in total. The van der Waals surface area contributed by atoms with Gasteiger partial charge in [-0.05, 0) is 37.1 Å². The van der Waals surface area contributed by atoms with Crippen LogP contribution in [0.5, 0.6) is 0 Å². The Labute approximate surface area is 153 Å². The third-order valence-corrected chi connectivity index (χ3v) is 4.32. The Morgan fingerprint density at radius 1 is 1.15 bits per heavy atom. The van der Waals surface area contributed by atoms with Crippen LogP contribution in [0, 0.1) is 5.82 Å². The lowest BCUT2D eigenvalue weighted by atomic mass is 10.0. The maximum atomic E-state index is 13.0. The van der Waals surface area contributed by atoms with Gasteiger partial charge in [0.05, 0.1) is 6.54 Å². The molecule has 3 rings (SSSR count). The quantitative estimate of drug-likeness (QED) is 0.729. The molecule has 0 saturated carbocycles. The van der Waals surface area contributed by atoms with E-state index in [1.807, 2.05) is 0 Å². The van der Waals surface area contributed by atoms with Gasteiger partial charge in [-0.1, -0.05) is 13.8 Å². The van der Waals surface area contributed by atoms with E-state index in [2.05, 4.69) is 44.3 Å². The number of rotatable bonds is 6. The Bertz CT molecular complexity index is 712. The first kappa shape index (κ1) is 18.5. The molecule has 0 unspecified atom stereocenters. The number of hydrogen-bond donors (Lipinski definition) is 3. The van der Waals surface area contributed by atoms with Gasteiger partial charge in [-0.3, -0.25) is 4.90 Å². The largest absolute Gasteiger partial charge is 0.368 e. The fraction of sp³-hybridized carbons (Fsp3) is 0.500. The van der Waals surface area contributed by atoms with Crippen molar-refractivity contribution in [3.8, 4) is 0 Å². The van der Waals surface area contributed by atoms with Crippen LogP contribution >= 0.6 is 0 Å². The van der Waals surface area contributed by atoms with Crippen LogP contribution in [0.15, 0.2) is 24.3 Å². The summed E-state index contributed by atoms with van der Waals surface area (Å²) < 4.78 is 13.0. The molecule has 0 amide bonds. The van der Waals surface area contributed by atoms with E-state index < -0.39 is 0 Å². The third-order valence-electron chi connectivity index (χ3n) is 4.32. The van der Waals surface area contributed by atoms with E-state index >= 15 is 0 Å². The molecular weight excluding hydrogens is 333 g/mol. The number of nitrogen functional groups attached to an aromatic ring is 1. The summed E-state index contributed by atoms with van der Waals surface area (Å²) in [7, 11) is 0. The summed E-state index contributed by atoms with van der Waals surface area (Å²) in [5.41, 5.74) is 6.53. The van der Waals surface area contributed by atoms with Crippen molar-refractivity contribution in [1.29, 1.82) is 0 Å². The second-order valence-electron chi connectivity index (χ2n) is 6.94. The number of nitrogens with one attached hydrogen (secondary N) is 2. The van der Waals surface area contributed by atoms with Crippen molar-refractivity contribution in [2.45, 2.75) is 45.3 Å². The van der Waals surface area contributed by atoms with Crippen molar-refractivity contribution < 1.29 is 4.39 Å². The molecule has 1 aromatic carbocycles. The van der Waals surface area contributed by atoms with Crippen LogP contribution < -0.4 is 16.4 Å². The second kappa shape index (κ2) is 8.37. The molecule has 0 radical (unpaired) electrons. The number of nitrogens with two attached hydrogens (primary N) is 1. The number of piperidine rings is 1. The van der Waals surface area contributed by atoms with Gasteiger partial charge in [0.1, 0.15) is 11.6 Å². The molecule has 0 bridgehead atoms. The second-order valence-corrected chi connectivity index (χ2v) is 6.94. The summed E-state index contributed by atoms with van der Waals surface area (Å²) in [6, 6.07) is 7.09. The lowest BCUT2D eigenvalue weighted by Crippen LogP contribution is -2.44. The number of benzene rings is 1. The van der Waals surface area contributed by atoms with E-state index in [0.29, 0.717) is 36.1 Å². The average Bonchev–Trinajstić information content (AvgIpc) is 2.58. The Morgan fingerprint density at radius 2 is 1.85 bits per heavy atom. The molecule has 1 saturated heterocycles. The number of hydrogen-bond acceptors (Lipinski definition) is 7. The van der Waals surface area contributed by atoms with Gasteiger partial charge in [0.15, 0.2) is 0 Å². The van der Waals surface area contributed by atoms with Crippen LogP contribution in [0.2, 0.25) is 0 Å². The molecule has 1 fully saturated rings. The normalized spacial score (nSPS) is 16.2. The SMILES string of the molecule is CC(C)NC1CCN(Cc2nc(N)nc(Nc3ccc(F)cc3)n2)CC1. The standard InChI is InChI=1S/C18H26FN7/c1-12(2)21-15-7-9-26(10-8-15)11-16-23-17(20)25-18(24-16)22-14-5-3-13(19)4-6-14/h3-6,12,15,21H,7-11H2,1-2H3,(H3,20,22,23,24,25). The summed E-state index contributed by atoms with van der Waals surface area (Å²) in [6.07, 6.45) is 2.22. The first-order valence-electron chi connectivity index (χ1n) is 8.99. The first-order chi connectivity index (χ1) is 12.5. The molecule has 140 valence electrons. The molecule has 1 aromatic heterocycles. The number of nitrogens with zero attached hydrogens (tertiary/aromatic N) is 4. The molecule has 8 heteroatoms. The molecular formula is C18H26FN7. The Balaban J connectivity index is 1.60. The van der Waals surface area contributed by atoms with Crippen molar-refractivity contribution in [1.82, 2.24) is 25.2 Å². The Morgan fingerprint density at radius 3 is 2.50 bits per heavy atom. The summed E-state index contributed by atoms with van der Waals surface area (Å²) in [6.45, 7) is 6.98. The van der Waals surface area contributed by atoms with Gasteiger partial charge < -0.3 is 16.4 Å². The van der Waals surface area contributed by atoms with Crippen molar-refractivity contribution in [3.05, 3.63) is 35.9 Å². The fourth-order valence-corrected chi connectivity index (χ4v) is 3.16. The summed E-state index contributed by atoms with van der Waals surface area (Å²) >= 11 is 0. The van der Waals surface area contributed by atoms with Crippen LogP contribution in [-0.4, -0.2) is 45.0 Å². The highest BCUT2D eigenvalue weighted by Gasteiger charge is 2.20. The van der Waals surface area contributed by atoms with Crippen molar-refractivity contribution >= 4 is 17.6 Å². The number of anilines is 3. The minimum atomic E-state index is -0.290. The van der Waals surface area contributed by atoms with Crippen molar-refractivity contribution in [2.75, 3.05) is 24.1 Å². The van der Waals surface area contributed by atoms with Crippen LogP contribution in [-0.2, 0) is 6.54 Å². The van der Waals surface area contributed by atoms with Gasteiger partial charge in [-0.2, -0.15) is 15.0 Å². The van der Waals surface area contributed by atoms with E-state index in [1.54, 1.807) is 12.1 Å². The molecule has 0 aliphatic carbocycles. The molecule has 0 atom stereocenters. The lowest BCUT2D eigenvalue weighted by Gasteiger charge is -2.33. The fourth-order valence-electron chi connectivity index (χ4n) is 3.16. The molecule has 4 N–H and O–H groups in total. The number of aromatic nitrogens is 3. The summed E-state index contributed by atoms with van der Waals surface area (Å²) in [5, 5.41) is 6.63. The van der Waals surface area contributed by atoms with E-state index in [0.717, 1.165) is 25.9 Å². The zero-order valence-corrected chi connectivity index (χ0v) is 15.2. The first-order valence-corrected chi connectivity index (χ1v) is 8.99. The maximum absolute atomic E-state index is 13.0. The zero-order chi connectivity index (χ0) is 18.5. The van der Waals surface area contributed by atoms with Gasteiger partial charge in [0.25, 0.3) is 0 Å². The van der Waals surface area contributed by atoms with Gasteiger partial charge in [-0.15, -0.1) is 0 Å². The van der Waals surface area contributed by atoms with Gasteiger partial charge >= 0.3 is 0 Å². The molecule has 2 heterocycles. The third kappa shape index (κ3) is 5.34. The highest BCUT2D eigenvalue weighted by Crippen LogP contribution is 2.16. The van der Waals surface area contributed by atoms with Gasteiger partial charge in [0.2, 0.25) is 11.9 Å². The van der Waals surface area contributed by atoms with E-state index in [4.69, 9.17) is 5.73 Å². The highest BCUT2D eigenvalue weighted by molar-refractivity contribution is 5.53. The lowest BCUT2D eigenvalue weighted by molar-refractivity contribution is 0.183. The van der Waals surface area contributed by atoms with Crippen molar-refractivity contribution in [2.24, 2.45) is 0 Å². The molecule has 26 heavy (non-hydrogen) atoms. The smallest absolute Gasteiger partial charge is 0.232 e. The van der Waals surface area contributed by atoms with E-state index in [9.17, 15) is 4.39 Å². The molecule has 1 aliphatic rings. The molecule has 0 spiro atoms. The Hall–Kier alpha value is -2.32. The van der Waals surface area contributed by atoms with Crippen LogP contribution in [0.3, 0.4) is 0 Å². The predicted molar refractivity (Wildman–Crippen MR) is 100 cm³/mol. The average molecular weight is 359 g/mol. The van der Waals surface area contributed by atoms with Crippen LogP contribution in [0.25, 0.3) is 0 Å². The minimum absolute atomic E-state index is 0.177. The molecule has 1 aliphatic heterocycles. The summed E-state index contributed by atoms with van der Waals surface area (Å²) in [4.78, 5) is 15.1. The van der Waals surface area contributed by atoms with E-state index in [-0.39, 0.29) is 11.8 Å². The van der Waals surface area contributed by atoms with Crippen LogP contribution in [0.1, 0.15) is 32.5 Å². The van der Waals surface area contributed by atoms with Crippen molar-refractivity contribution in [3.63, 3.8) is 0 Å². The zero-order valence-electron chi connectivity index (χ0n) is 15.2. The van der Waals surface area contributed by atoms with Gasteiger partial charge in [0, 0.05) is 30.9 Å². The topological polar surface area (TPSA) is 92.0 Å². The van der Waals surface area contributed by atoms with Gasteiger partial charge in [-0.25, -0.2) is 4.39 Å². The summed E-state index contributed by atoms with van der Waals surface area (Å²) in [5.74, 6) is 0.894. The minimum Gasteiger partial charge on any atom is -0.368 e. The maximum Gasteiger partial charge on any atom is 0.232 e. The van der Waals surface area contributed by atoms with Crippen LogP contribution in [0.4, 0.5) is 22.0 Å². The number of likely N-dealkylation sites (tertiary alicyclic amines) is 1. The Kier molecular flexibility index (Phi) is 5.95. The monoisotopic (exact) mass is 359 g/mol. The number of halogens is 1. The van der Waals surface area contributed by atoms with E-state index in [1.165, 1.54) is 12.1 Å².